The summed E-state index contributed by atoms with van der Waals surface area (Å²) in [6, 6.07) is 9.00. The average molecular weight is 305 g/mol. The smallest absolute Gasteiger partial charge is 0.176 e. The van der Waals surface area contributed by atoms with Crippen molar-refractivity contribution in [2.24, 2.45) is 7.05 Å². The van der Waals surface area contributed by atoms with Crippen molar-refractivity contribution in [1.82, 2.24) is 25.5 Å². The standard InChI is InChI=1S/C15H23N5S/c1-4-10-16-14(11-15-17-19-20(3)18-15)12-6-8-13(9-7-12)21-5-2/h6-9,14,16H,4-5,10-11H2,1-3H3. The van der Waals surface area contributed by atoms with Crippen LogP contribution >= 0.6 is 11.8 Å². The van der Waals surface area contributed by atoms with Gasteiger partial charge in [0.15, 0.2) is 5.82 Å². The van der Waals surface area contributed by atoms with E-state index in [2.05, 4.69) is 58.8 Å². The van der Waals surface area contributed by atoms with Crippen LogP contribution in [0, 0.1) is 0 Å². The van der Waals surface area contributed by atoms with Crippen molar-refractivity contribution < 1.29 is 0 Å². The lowest BCUT2D eigenvalue weighted by Gasteiger charge is -2.17. The average Bonchev–Trinajstić information content (AvgIpc) is 2.90. The molecule has 0 fully saturated rings. The van der Waals surface area contributed by atoms with Crippen LogP contribution in [0.25, 0.3) is 0 Å². The molecule has 1 aromatic carbocycles. The number of aryl methyl sites for hydroxylation is 1. The van der Waals surface area contributed by atoms with Gasteiger partial charge in [0.1, 0.15) is 0 Å². The van der Waals surface area contributed by atoms with E-state index in [0.29, 0.717) is 0 Å². The van der Waals surface area contributed by atoms with E-state index in [-0.39, 0.29) is 6.04 Å². The number of hydrogen-bond acceptors (Lipinski definition) is 5. The molecule has 21 heavy (non-hydrogen) atoms. The minimum Gasteiger partial charge on any atom is -0.310 e. The normalized spacial score (nSPS) is 12.5. The van der Waals surface area contributed by atoms with Gasteiger partial charge in [-0.05, 0) is 41.6 Å². The summed E-state index contributed by atoms with van der Waals surface area (Å²) in [5.41, 5.74) is 1.27. The Balaban J connectivity index is 2.10. The number of benzene rings is 1. The summed E-state index contributed by atoms with van der Waals surface area (Å²) < 4.78 is 0. The summed E-state index contributed by atoms with van der Waals surface area (Å²) in [6.45, 7) is 5.33. The number of tetrazole rings is 1. The second-order valence-corrected chi connectivity index (χ2v) is 6.25. The van der Waals surface area contributed by atoms with Crippen LogP contribution in [0.3, 0.4) is 0 Å². The molecule has 1 unspecified atom stereocenters. The minimum absolute atomic E-state index is 0.231. The van der Waals surface area contributed by atoms with E-state index in [9.17, 15) is 0 Å². The molecule has 1 atom stereocenters. The summed E-state index contributed by atoms with van der Waals surface area (Å²) in [4.78, 5) is 2.82. The molecule has 2 aromatic rings. The van der Waals surface area contributed by atoms with Gasteiger partial charge in [-0.1, -0.05) is 26.0 Å². The van der Waals surface area contributed by atoms with Gasteiger partial charge >= 0.3 is 0 Å². The molecule has 1 aromatic heterocycles. The molecule has 1 heterocycles. The van der Waals surface area contributed by atoms with Crippen molar-refractivity contribution in [1.29, 1.82) is 0 Å². The second-order valence-electron chi connectivity index (χ2n) is 4.91. The Bertz CT molecular complexity index is 537. The molecule has 5 nitrogen and oxygen atoms in total. The molecule has 0 aliphatic heterocycles. The predicted octanol–water partition coefficient (Wildman–Crippen LogP) is 2.61. The van der Waals surface area contributed by atoms with Crippen LogP contribution in [0.1, 0.15) is 37.7 Å². The molecule has 0 saturated carbocycles. The van der Waals surface area contributed by atoms with Gasteiger partial charge in [0.2, 0.25) is 0 Å². The maximum atomic E-state index is 4.28. The van der Waals surface area contributed by atoms with Gasteiger partial charge in [0.25, 0.3) is 0 Å². The molecule has 0 saturated heterocycles. The lowest BCUT2D eigenvalue weighted by atomic mass is 10.0. The van der Waals surface area contributed by atoms with Gasteiger partial charge in [0.05, 0.1) is 7.05 Å². The highest BCUT2D eigenvalue weighted by Crippen LogP contribution is 2.22. The van der Waals surface area contributed by atoms with Crippen molar-refractivity contribution in [3.05, 3.63) is 35.7 Å². The lowest BCUT2D eigenvalue weighted by molar-refractivity contribution is 0.516. The largest absolute Gasteiger partial charge is 0.310 e. The van der Waals surface area contributed by atoms with E-state index in [1.807, 2.05) is 11.8 Å². The van der Waals surface area contributed by atoms with E-state index in [0.717, 1.165) is 31.0 Å². The summed E-state index contributed by atoms with van der Waals surface area (Å²) in [6.07, 6.45) is 1.86. The third-order valence-electron chi connectivity index (χ3n) is 3.17. The molecule has 0 aliphatic carbocycles. The second kappa shape index (κ2) is 8.14. The van der Waals surface area contributed by atoms with E-state index in [1.54, 1.807) is 7.05 Å². The van der Waals surface area contributed by atoms with Crippen LogP contribution in [0.4, 0.5) is 0 Å². The highest BCUT2D eigenvalue weighted by atomic mass is 32.2. The van der Waals surface area contributed by atoms with Gasteiger partial charge in [0, 0.05) is 17.4 Å². The number of nitrogens with zero attached hydrogens (tertiary/aromatic N) is 4. The quantitative estimate of drug-likeness (QED) is 0.760. The molecule has 0 radical (unpaired) electrons. The molecule has 0 aliphatic rings. The summed E-state index contributed by atoms with van der Waals surface area (Å²) in [5, 5.41) is 15.9. The Morgan fingerprint density at radius 2 is 2.00 bits per heavy atom. The summed E-state index contributed by atoms with van der Waals surface area (Å²) >= 11 is 1.86. The number of thioether (sulfide) groups is 1. The summed E-state index contributed by atoms with van der Waals surface area (Å²) in [7, 11) is 1.79. The van der Waals surface area contributed by atoms with Crippen LogP contribution in [-0.2, 0) is 13.5 Å². The third-order valence-corrected chi connectivity index (χ3v) is 4.06. The van der Waals surface area contributed by atoms with Crippen molar-refractivity contribution in [2.75, 3.05) is 12.3 Å². The molecule has 1 N–H and O–H groups in total. The zero-order valence-corrected chi connectivity index (χ0v) is 13.7. The van der Waals surface area contributed by atoms with Gasteiger partial charge < -0.3 is 5.32 Å². The molecule has 6 heteroatoms. The Hall–Kier alpha value is -1.40. The van der Waals surface area contributed by atoms with Crippen LogP contribution in [-0.4, -0.2) is 32.5 Å². The Labute approximate surface area is 130 Å². The van der Waals surface area contributed by atoms with Gasteiger partial charge in [-0.2, -0.15) is 4.80 Å². The van der Waals surface area contributed by atoms with E-state index in [4.69, 9.17) is 0 Å². The molecule has 2 rings (SSSR count). The number of hydrogen-bond donors (Lipinski definition) is 1. The first kappa shape index (κ1) is 16.0. The third kappa shape index (κ3) is 4.82. The predicted molar refractivity (Wildman–Crippen MR) is 86.4 cm³/mol. The molecule has 0 amide bonds. The molecular weight excluding hydrogens is 282 g/mol. The van der Waals surface area contributed by atoms with Gasteiger partial charge in [-0.25, -0.2) is 0 Å². The Kier molecular flexibility index (Phi) is 6.20. The highest BCUT2D eigenvalue weighted by molar-refractivity contribution is 7.99. The van der Waals surface area contributed by atoms with Gasteiger partial charge in [-0.15, -0.1) is 22.0 Å². The first-order valence-corrected chi connectivity index (χ1v) is 8.40. The SMILES string of the molecule is CCCNC(Cc1nnn(C)n1)c1ccc(SCC)cc1. The molecular formula is C15H23N5S. The fourth-order valence-corrected chi connectivity index (χ4v) is 2.84. The van der Waals surface area contributed by atoms with E-state index in [1.165, 1.54) is 15.3 Å². The van der Waals surface area contributed by atoms with Crippen molar-refractivity contribution in [2.45, 2.75) is 37.6 Å². The van der Waals surface area contributed by atoms with Gasteiger partial charge in [-0.3, -0.25) is 0 Å². The van der Waals surface area contributed by atoms with Crippen molar-refractivity contribution in [3.63, 3.8) is 0 Å². The summed E-state index contributed by atoms with van der Waals surface area (Å²) in [5.74, 6) is 1.87. The fraction of sp³-hybridized carbons (Fsp3) is 0.533. The number of nitrogens with one attached hydrogen (secondary N) is 1. The monoisotopic (exact) mass is 305 g/mol. The zero-order valence-electron chi connectivity index (χ0n) is 12.9. The first-order chi connectivity index (χ1) is 10.2. The van der Waals surface area contributed by atoms with Crippen LogP contribution in [0.5, 0.6) is 0 Å². The van der Waals surface area contributed by atoms with Crippen LogP contribution in [0.15, 0.2) is 29.2 Å². The number of rotatable bonds is 8. The molecule has 0 bridgehead atoms. The Morgan fingerprint density at radius 1 is 1.24 bits per heavy atom. The van der Waals surface area contributed by atoms with Crippen molar-refractivity contribution >= 4 is 11.8 Å². The van der Waals surface area contributed by atoms with Crippen molar-refractivity contribution in [3.8, 4) is 0 Å². The maximum Gasteiger partial charge on any atom is 0.176 e. The zero-order chi connectivity index (χ0) is 15.1. The molecule has 0 spiro atoms. The maximum absolute atomic E-state index is 4.28. The lowest BCUT2D eigenvalue weighted by Crippen LogP contribution is -2.24. The number of aromatic nitrogens is 4. The van der Waals surface area contributed by atoms with E-state index >= 15 is 0 Å². The highest BCUT2D eigenvalue weighted by Gasteiger charge is 2.14. The van der Waals surface area contributed by atoms with E-state index < -0.39 is 0 Å². The molecule has 114 valence electrons. The first-order valence-electron chi connectivity index (χ1n) is 7.42. The fourth-order valence-electron chi connectivity index (χ4n) is 2.18. The minimum atomic E-state index is 0.231. The Morgan fingerprint density at radius 3 is 2.57 bits per heavy atom. The topological polar surface area (TPSA) is 55.6 Å². The van der Waals surface area contributed by atoms with Crippen LogP contribution < -0.4 is 5.32 Å². The van der Waals surface area contributed by atoms with Crippen LogP contribution in [0.2, 0.25) is 0 Å².